The average Bonchev–Trinajstić information content (AvgIpc) is 3.87. The van der Waals surface area contributed by atoms with E-state index in [1.807, 2.05) is 19.1 Å². The van der Waals surface area contributed by atoms with Crippen molar-refractivity contribution >= 4 is 61.7 Å². The van der Waals surface area contributed by atoms with Crippen LogP contribution in [0.1, 0.15) is 52.2 Å². The molecule has 4 aliphatic rings. The first kappa shape index (κ1) is 44.3. The van der Waals surface area contributed by atoms with Crippen molar-refractivity contribution in [3.63, 3.8) is 0 Å². The molecule has 8 rings (SSSR count). The molecule has 306 valence electrons. The van der Waals surface area contributed by atoms with E-state index in [-0.39, 0.29) is 30.3 Å². The number of anilines is 1. The smallest absolute Gasteiger partial charge is 0.423 e. The summed E-state index contributed by atoms with van der Waals surface area (Å²) in [5.74, 6) is 0. The average molecular weight is 816 g/mol. The van der Waals surface area contributed by atoms with E-state index in [2.05, 4.69) is 0 Å². The first-order valence-electron chi connectivity index (χ1n) is 17.7. The molecular formula is C33H36B4N6O16. The molecule has 0 fully saturated rings. The maximum atomic E-state index is 10.5. The van der Waals surface area contributed by atoms with Gasteiger partial charge in [0.2, 0.25) is 19.6 Å². The topological polar surface area (TPSA) is 342 Å². The van der Waals surface area contributed by atoms with Crippen LogP contribution in [0.25, 0.3) is 0 Å². The minimum absolute atomic E-state index is 0.187. The molecule has 0 bridgehead atoms. The number of non-ortho nitro benzene ring substituents is 1. The van der Waals surface area contributed by atoms with Crippen LogP contribution in [-0.2, 0) is 18.6 Å². The number of benzene rings is 4. The summed E-state index contributed by atoms with van der Waals surface area (Å²) in [7, 11) is -4.30. The molecule has 8 N–H and O–H groups in total. The molecule has 0 radical (unpaired) electrons. The third-order valence-electron chi connectivity index (χ3n) is 9.41. The van der Waals surface area contributed by atoms with Crippen molar-refractivity contribution in [3.05, 3.63) is 147 Å². The van der Waals surface area contributed by atoms with Crippen LogP contribution in [-0.4, -0.2) is 94.4 Å². The number of aryl methyl sites for hydroxylation is 1. The van der Waals surface area contributed by atoms with Gasteiger partial charge in [0, 0.05) is 39.1 Å². The number of rotatable bonds is 8. The second-order valence-electron chi connectivity index (χ2n) is 13.4. The van der Waals surface area contributed by atoms with Crippen LogP contribution >= 0.6 is 0 Å². The zero-order valence-electron chi connectivity index (χ0n) is 31.1. The van der Waals surface area contributed by atoms with Crippen LogP contribution < -0.4 is 33.3 Å². The van der Waals surface area contributed by atoms with Crippen LogP contribution in [0.3, 0.4) is 0 Å². The SMILES string of the molecule is Cc1ccc2c(c1)B(O)OC2C[N+](=O)[O-].NCC1OB(O)c2cc(N)ccc21.O=[N+]([O-])CC1OB(O)c2cc([N+](=O)[O-])ccc21.O=[N+]([O-])CC1OB(O)c2ccccc21. The maximum Gasteiger partial charge on any atom is 0.492 e. The van der Waals surface area contributed by atoms with Crippen molar-refractivity contribution in [2.45, 2.75) is 31.3 Å². The molecule has 0 saturated carbocycles. The van der Waals surface area contributed by atoms with Gasteiger partial charge in [-0.2, -0.15) is 0 Å². The number of nitrogen functional groups attached to an aromatic ring is 1. The summed E-state index contributed by atoms with van der Waals surface area (Å²) in [6, 6.07) is 21.5. The Morgan fingerprint density at radius 3 is 1.47 bits per heavy atom. The molecule has 4 atom stereocenters. The third kappa shape index (κ3) is 10.8. The molecule has 4 unspecified atom stereocenters. The van der Waals surface area contributed by atoms with Crippen LogP contribution in [0.15, 0.2) is 78.9 Å². The largest absolute Gasteiger partial charge is 0.492 e. The minimum atomic E-state index is -1.35. The lowest BCUT2D eigenvalue weighted by Crippen LogP contribution is -2.28. The summed E-state index contributed by atoms with van der Waals surface area (Å²) in [5, 5.41) is 79.6. The van der Waals surface area contributed by atoms with E-state index in [0.717, 1.165) is 16.6 Å². The Kier molecular flexibility index (Phi) is 14.5. The summed E-state index contributed by atoms with van der Waals surface area (Å²) >= 11 is 0. The van der Waals surface area contributed by atoms with Crippen molar-refractivity contribution in [1.29, 1.82) is 0 Å². The zero-order chi connectivity index (χ0) is 43.1. The van der Waals surface area contributed by atoms with E-state index in [0.29, 0.717) is 39.8 Å². The monoisotopic (exact) mass is 816 g/mol. The highest BCUT2D eigenvalue weighted by atomic mass is 16.6. The predicted octanol–water partition coefficient (Wildman–Crippen LogP) is -1.63. The molecule has 4 aliphatic heterocycles. The van der Waals surface area contributed by atoms with Gasteiger partial charge in [0.1, 0.15) is 18.3 Å². The fourth-order valence-corrected chi connectivity index (χ4v) is 6.74. The number of hydrogen-bond donors (Lipinski definition) is 6. The van der Waals surface area contributed by atoms with Crippen LogP contribution in [0.4, 0.5) is 11.4 Å². The Labute approximate surface area is 335 Å². The molecule has 26 heteroatoms. The molecule has 59 heavy (non-hydrogen) atoms. The number of hydrogen-bond acceptors (Lipinski definition) is 18. The second kappa shape index (κ2) is 19.3. The van der Waals surface area contributed by atoms with Gasteiger partial charge in [-0.15, -0.1) is 0 Å². The maximum absolute atomic E-state index is 10.5. The number of nitrogens with zero attached hydrogens (tertiary/aromatic N) is 4. The summed E-state index contributed by atoms with van der Waals surface area (Å²) in [5.41, 5.74) is 17.5. The fraction of sp³-hybridized carbons (Fsp3) is 0.273. The van der Waals surface area contributed by atoms with E-state index in [1.165, 1.54) is 18.2 Å². The number of nitro groups is 4. The number of nitro benzene ring substituents is 1. The van der Waals surface area contributed by atoms with E-state index in [9.17, 15) is 60.6 Å². The van der Waals surface area contributed by atoms with E-state index in [1.54, 1.807) is 48.5 Å². The number of fused-ring (bicyclic) bond motifs is 4. The molecule has 0 aliphatic carbocycles. The molecule has 0 spiro atoms. The van der Waals surface area contributed by atoms with E-state index < -0.39 is 73.0 Å². The standard InChI is InChI=1S/C9H10BNO4.C8H7BN2O6.C8H11BN2O2.C8H8BNO4/c1-6-2-3-7-8(4-6)10(12)15-9(7)5-11(13)14;12-9-7-3-5(11(15)16)1-2-6(7)8(17-9)4-10(13)14;10-4-8-6-2-1-5(11)3-7(6)9(12)13-8;11-9-7-4-2-1-3-6(7)8(14-9)5-10(12)13/h2-4,9,12H,5H2,1H3;1-3,8,12H,4H2;1-3,8,12H,4,10-11H2;1-4,8,11H,5H2. The molecule has 4 aromatic rings. The zero-order valence-corrected chi connectivity index (χ0v) is 31.1. The van der Waals surface area contributed by atoms with Crippen LogP contribution in [0.2, 0.25) is 0 Å². The van der Waals surface area contributed by atoms with Gasteiger partial charge in [0.15, 0.2) is 0 Å². The van der Waals surface area contributed by atoms with E-state index >= 15 is 0 Å². The summed E-state index contributed by atoms with van der Waals surface area (Å²) in [4.78, 5) is 39.6. The van der Waals surface area contributed by atoms with Gasteiger partial charge in [-0.05, 0) is 69.2 Å². The second-order valence-corrected chi connectivity index (χ2v) is 13.4. The van der Waals surface area contributed by atoms with Crippen molar-refractivity contribution in [2.75, 3.05) is 31.9 Å². The number of nitrogens with two attached hydrogens (primary N) is 2. The highest BCUT2D eigenvalue weighted by Gasteiger charge is 2.40. The van der Waals surface area contributed by atoms with Gasteiger partial charge in [-0.1, -0.05) is 54.1 Å². The van der Waals surface area contributed by atoms with Crippen molar-refractivity contribution in [2.24, 2.45) is 5.73 Å². The Balaban J connectivity index is 0.000000150. The van der Waals surface area contributed by atoms with Crippen LogP contribution in [0, 0.1) is 47.4 Å². The lowest BCUT2D eigenvalue weighted by Gasteiger charge is -2.07. The molecule has 4 aromatic carbocycles. The quantitative estimate of drug-likeness (QED) is 0.0503. The van der Waals surface area contributed by atoms with Crippen LogP contribution in [0.5, 0.6) is 0 Å². The van der Waals surface area contributed by atoms with Gasteiger partial charge < -0.3 is 50.2 Å². The van der Waals surface area contributed by atoms with Gasteiger partial charge >= 0.3 is 28.5 Å². The van der Waals surface area contributed by atoms with Gasteiger partial charge in [-0.25, -0.2) is 0 Å². The Morgan fingerprint density at radius 2 is 0.966 bits per heavy atom. The van der Waals surface area contributed by atoms with Crippen molar-refractivity contribution in [3.8, 4) is 0 Å². The summed E-state index contributed by atoms with van der Waals surface area (Å²) in [6.07, 6.45) is -2.33. The lowest BCUT2D eigenvalue weighted by molar-refractivity contribution is -0.490. The predicted molar refractivity (Wildman–Crippen MR) is 212 cm³/mol. The Hall–Kier alpha value is -5.82. The van der Waals surface area contributed by atoms with Crippen molar-refractivity contribution < 1.29 is 58.4 Å². The first-order chi connectivity index (χ1) is 28.0. The minimum Gasteiger partial charge on any atom is -0.423 e. The first-order valence-corrected chi connectivity index (χ1v) is 17.7. The van der Waals surface area contributed by atoms with Crippen molar-refractivity contribution in [1.82, 2.24) is 0 Å². The third-order valence-corrected chi connectivity index (χ3v) is 9.41. The van der Waals surface area contributed by atoms with Gasteiger partial charge in [-0.3, -0.25) is 40.5 Å². The fourth-order valence-electron chi connectivity index (χ4n) is 6.74. The van der Waals surface area contributed by atoms with Gasteiger partial charge in [0.25, 0.3) is 5.69 Å². The molecular weight excluding hydrogens is 780 g/mol. The lowest BCUT2D eigenvalue weighted by atomic mass is 9.78. The normalized spacial score (nSPS) is 19.2. The Bertz CT molecular complexity index is 2210. The summed E-state index contributed by atoms with van der Waals surface area (Å²) in [6.45, 7) is 1.16. The highest BCUT2D eigenvalue weighted by molar-refractivity contribution is 6.63. The van der Waals surface area contributed by atoms with E-state index in [4.69, 9.17) is 30.1 Å². The Morgan fingerprint density at radius 1 is 0.559 bits per heavy atom. The molecule has 22 nitrogen and oxygen atoms in total. The molecule has 0 saturated heterocycles. The summed E-state index contributed by atoms with van der Waals surface area (Å²) < 4.78 is 20.3. The highest BCUT2D eigenvalue weighted by Crippen LogP contribution is 2.27. The molecule has 4 heterocycles. The molecule has 0 aromatic heterocycles. The van der Waals surface area contributed by atoms with Gasteiger partial charge in [0.05, 0.1) is 11.0 Å². The molecule has 0 amide bonds.